The third kappa shape index (κ3) is 5.09. The van der Waals surface area contributed by atoms with Gasteiger partial charge in [0.15, 0.2) is 5.16 Å². The van der Waals surface area contributed by atoms with Crippen molar-refractivity contribution in [3.63, 3.8) is 0 Å². The Morgan fingerprint density at radius 1 is 1.06 bits per heavy atom. The summed E-state index contributed by atoms with van der Waals surface area (Å²) in [6.07, 6.45) is 0. The van der Waals surface area contributed by atoms with E-state index in [0.717, 1.165) is 11.8 Å². The molecule has 0 aliphatic rings. The topological polar surface area (TPSA) is 55.2 Å². The Hall–Kier alpha value is -3.23. The molecule has 0 bridgehead atoms. The number of thioether (sulfide) groups is 1. The zero-order valence-corrected chi connectivity index (χ0v) is 20.7. The van der Waals surface area contributed by atoms with Gasteiger partial charge < -0.3 is 4.90 Å². The van der Waals surface area contributed by atoms with Crippen LogP contribution in [0, 0.1) is 11.6 Å². The molecule has 3 aromatic carbocycles. The number of fused-ring (bicyclic) bond motifs is 1. The summed E-state index contributed by atoms with van der Waals surface area (Å²) in [5, 5.41) is 0.753. The van der Waals surface area contributed by atoms with E-state index in [2.05, 4.69) is 4.98 Å². The maximum Gasteiger partial charge on any atom is 0.266 e. The van der Waals surface area contributed by atoms with Crippen molar-refractivity contribution in [2.75, 3.05) is 13.1 Å². The molecule has 4 rings (SSSR count). The molecule has 0 spiro atoms. The number of amides is 1. The SMILES string of the molecule is CCN(CC)C(=O)c1ccc2c(=O)n(-c3cccc(F)c3)c(SCc3c(F)cccc3Cl)nc2c1. The molecular formula is C26H22ClF2N3O2S. The van der Waals surface area contributed by atoms with Crippen LogP contribution in [0.1, 0.15) is 29.8 Å². The van der Waals surface area contributed by atoms with Gasteiger partial charge in [-0.05, 0) is 62.4 Å². The fourth-order valence-electron chi connectivity index (χ4n) is 3.74. The second-order valence-corrected chi connectivity index (χ2v) is 9.06. The summed E-state index contributed by atoms with van der Waals surface area (Å²) in [7, 11) is 0. The molecule has 0 atom stereocenters. The van der Waals surface area contributed by atoms with E-state index in [9.17, 15) is 18.4 Å². The van der Waals surface area contributed by atoms with Gasteiger partial charge in [-0.15, -0.1) is 0 Å². The summed E-state index contributed by atoms with van der Waals surface area (Å²) in [4.78, 5) is 32.7. The highest BCUT2D eigenvalue weighted by Gasteiger charge is 2.19. The highest BCUT2D eigenvalue weighted by molar-refractivity contribution is 7.98. The minimum atomic E-state index is -0.511. The fraction of sp³-hybridized carbons (Fsp3) is 0.192. The summed E-state index contributed by atoms with van der Waals surface area (Å²) < 4.78 is 29.7. The predicted octanol–water partition coefficient (Wildman–Crippen LogP) is 6.09. The minimum Gasteiger partial charge on any atom is -0.339 e. The Labute approximate surface area is 210 Å². The third-order valence-corrected chi connectivity index (χ3v) is 6.93. The van der Waals surface area contributed by atoms with Gasteiger partial charge in [0, 0.05) is 35.0 Å². The second kappa shape index (κ2) is 10.6. The molecule has 0 unspecified atom stereocenters. The van der Waals surface area contributed by atoms with Gasteiger partial charge in [0.2, 0.25) is 0 Å². The maximum atomic E-state index is 14.4. The van der Waals surface area contributed by atoms with Crippen LogP contribution in [0.5, 0.6) is 0 Å². The largest absolute Gasteiger partial charge is 0.339 e. The first-order chi connectivity index (χ1) is 16.8. The molecule has 0 radical (unpaired) electrons. The summed E-state index contributed by atoms with van der Waals surface area (Å²) in [5.74, 6) is -1.06. The van der Waals surface area contributed by atoms with Crippen LogP contribution in [0.25, 0.3) is 16.6 Å². The molecule has 4 aromatic rings. The number of hydrogen-bond acceptors (Lipinski definition) is 4. The number of aromatic nitrogens is 2. The van der Waals surface area contributed by atoms with Crippen LogP contribution in [-0.4, -0.2) is 33.4 Å². The van der Waals surface area contributed by atoms with E-state index < -0.39 is 17.2 Å². The smallest absolute Gasteiger partial charge is 0.266 e. The molecule has 1 heterocycles. The van der Waals surface area contributed by atoms with Gasteiger partial charge >= 0.3 is 0 Å². The van der Waals surface area contributed by atoms with Gasteiger partial charge in [-0.2, -0.15) is 0 Å². The zero-order valence-electron chi connectivity index (χ0n) is 19.1. The number of carbonyl (C=O) groups excluding carboxylic acids is 1. The van der Waals surface area contributed by atoms with Gasteiger partial charge in [-0.3, -0.25) is 14.2 Å². The quantitative estimate of drug-likeness (QED) is 0.221. The van der Waals surface area contributed by atoms with Crippen molar-refractivity contribution in [3.8, 4) is 5.69 Å². The number of halogens is 3. The van der Waals surface area contributed by atoms with Crippen LogP contribution < -0.4 is 5.56 Å². The zero-order chi connectivity index (χ0) is 25.1. The summed E-state index contributed by atoms with van der Waals surface area (Å²) >= 11 is 7.28. The molecule has 0 aliphatic heterocycles. The van der Waals surface area contributed by atoms with E-state index >= 15 is 0 Å². The summed E-state index contributed by atoms with van der Waals surface area (Å²) in [6, 6.07) is 14.7. The molecule has 0 aliphatic carbocycles. The first-order valence-electron chi connectivity index (χ1n) is 11.0. The van der Waals surface area contributed by atoms with Crippen molar-refractivity contribution < 1.29 is 13.6 Å². The van der Waals surface area contributed by atoms with E-state index in [1.54, 1.807) is 35.2 Å². The van der Waals surface area contributed by atoms with Crippen molar-refractivity contribution in [2.45, 2.75) is 24.8 Å². The molecular weight excluding hydrogens is 492 g/mol. The Morgan fingerprint density at radius 2 is 1.80 bits per heavy atom. The first kappa shape index (κ1) is 24.9. The monoisotopic (exact) mass is 513 g/mol. The number of rotatable bonds is 7. The number of benzene rings is 3. The standard InChI is InChI=1S/C26H22ClF2N3O2S/c1-3-31(4-2)24(33)16-11-12-19-23(13-16)30-26(35-15-20-21(27)9-6-10-22(20)29)32(25(19)34)18-8-5-7-17(28)14-18/h5-14H,3-4,15H2,1-2H3. The average molecular weight is 514 g/mol. The molecule has 35 heavy (non-hydrogen) atoms. The van der Waals surface area contributed by atoms with Crippen molar-refractivity contribution in [2.24, 2.45) is 0 Å². The minimum absolute atomic E-state index is 0.0941. The maximum absolute atomic E-state index is 14.4. The molecule has 0 fully saturated rings. The molecule has 9 heteroatoms. The van der Waals surface area contributed by atoms with Crippen LogP contribution >= 0.6 is 23.4 Å². The lowest BCUT2D eigenvalue weighted by molar-refractivity contribution is 0.0773. The van der Waals surface area contributed by atoms with Crippen LogP contribution in [-0.2, 0) is 5.75 Å². The van der Waals surface area contributed by atoms with E-state index in [0.29, 0.717) is 24.2 Å². The van der Waals surface area contributed by atoms with Crippen molar-refractivity contribution in [1.82, 2.24) is 14.5 Å². The predicted molar refractivity (Wildman–Crippen MR) is 136 cm³/mol. The molecule has 180 valence electrons. The fourth-order valence-corrected chi connectivity index (χ4v) is 5.09. The van der Waals surface area contributed by atoms with Crippen LogP contribution in [0.2, 0.25) is 5.02 Å². The lowest BCUT2D eigenvalue weighted by Crippen LogP contribution is -2.30. The van der Waals surface area contributed by atoms with Crippen LogP contribution in [0.3, 0.4) is 0 Å². The second-order valence-electron chi connectivity index (χ2n) is 7.71. The molecule has 0 N–H and O–H groups in total. The number of nitrogens with zero attached hydrogens (tertiary/aromatic N) is 3. The average Bonchev–Trinajstić information content (AvgIpc) is 2.84. The van der Waals surface area contributed by atoms with Gasteiger partial charge in [-0.1, -0.05) is 35.5 Å². The third-order valence-electron chi connectivity index (χ3n) is 5.61. The van der Waals surface area contributed by atoms with Crippen molar-refractivity contribution >= 4 is 40.2 Å². The van der Waals surface area contributed by atoms with Crippen LogP contribution in [0.15, 0.2) is 70.6 Å². The van der Waals surface area contributed by atoms with E-state index in [-0.39, 0.29) is 38.5 Å². The van der Waals surface area contributed by atoms with E-state index in [1.807, 2.05) is 13.8 Å². The van der Waals surface area contributed by atoms with Gasteiger partial charge in [0.25, 0.3) is 11.5 Å². The molecule has 0 saturated carbocycles. The molecule has 1 amide bonds. The Morgan fingerprint density at radius 3 is 2.49 bits per heavy atom. The normalized spacial score (nSPS) is 11.1. The molecule has 5 nitrogen and oxygen atoms in total. The van der Waals surface area contributed by atoms with Crippen LogP contribution in [0.4, 0.5) is 8.78 Å². The highest BCUT2D eigenvalue weighted by Crippen LogP contribution is 2.29. The molecule has 0 saturated heterocycles. The lowest BCUT2D eigenvalue weighted by atomic mass is 10.1. The van der Waals surface area contributed by atoms with Crippen molar-refractivity contribution in [3.05, 3.63) is 98.8 Å². The number of hydrogen-bond donors (Lipinski definition) is 0. The Bertz CT molecular complexity index is 1450. The van der Waals surface area contributed by atoms with E-state index in [4.69, 9.17) is 11.6 Å². The van der Waals surface area contributed by atoms with E-state index in [1.165, 1.54) is 34.9 Å². The van der Waals surface area contributed by atoms with Gasteiger partial charge in [0.1, 0.15) is 11.6 Å². The molecule has 1 aromatic heterocycles. The Balaban J connectivity index is 1.87. The summed E-state index contributed by atoms with van der Waals surface area (Å²) in [5.41, 5.74) is 0.858. The Kier molecular flexibility index (Phi) is 7.52. The van der Waals surface area contributed by atoms with Gasteiger partial charge in [-0.25, -0.2) is 13.8 Å². The van der Waals surface area contributed by atoms with Crippen molar-refractivity contribution in [1.29, 1.82) is 0 Å². The number of carbonyl (C=O) groups is 1. The first-order valence-corrected chi connectivity index (χ1v) is 12.4. The summed E-state index contributed by atoms with van der Waals surface area (Å²) in [6.45, 7) is 4.88. The highest BCUT2D eigenvalue weighted by atomic mass is 35.5. The van der Waals surface area contributed by atoms with Gasteiger partial charge in [0.05, 0.1) is 16.6 Å². The lowest BCUT2D eigenvalue weighted by Gasteiger charge is -2.19.